The summed E-state index contributed by atoms with van der Waals surface area (Å²) in [5, 5.41) is 11.9. The predicted octanol–water partition coefficient (Wildman–Crippen LogP) is 3.77. The summed E-state index contributed by atoms with van der Waals surface area (Å²) in [6, 6.07) is 3.80. The number of amides is 1. The van der Waals surface area contributed by atoms with Crippen LogP contribution >= 0.6 is 31.9 Å². The summed E-state index contributed by atoms with van der Waals surface area (Å²) in [7, 11) is 0. The summed E-state index contributed by atoms with van der Waals surface area (Å²) >= 11 is 6.49. The number of nitrogens with one attached hydrogen (secondary N) is 1. The molecule has 1 amide bonds. The van der Waals surface area contributed by atoms with E-state index in [4.69, 9.17) is 9.68 Å². The Balaban J connectivity index is 2.10. The van der Waals surface area contributed by atoms with Gasteiger partial charge in [0.05, 0.1) is 4.47 Å². The molecule has 1 aliphatic rings. The average Bonchev–Trinajstić information content (AvgIpc) is 2.97. The zero-order valence-corrected chi connectivity index (χ0v) is 13.3. The van der Waals surface area contributed by atoms with E-state index in [1.165, 1.54) is 6.08 Å². The molecule has 100 valence electrons. The average molecular weight is 388 g/mol. The van der Waals surface area contributed by atoms with Gasteiger partial charge in [0.15, 0.2) is 4.67 Å². The molecule has 1 fully saturated rings. The van der Waals surface area contributed by atoms with Crippen molar-refractivity contribution in [1.29, 1.82) is 5.26 Å². The predicted molar refractivity (Wildman–Crippen MR) is 78.1 cm³/mol. The first-order valence-electron chi connectivity index (χ1n) is 5.97. The maximum Gasteiger partial charge on any atom is 0.262 e. The fraction of sp³-hybridized carbons (Fsp3) is 0.385. The van der Waals surface area contributed by atoms with Crippen molar-refractivity contribution in [2.45, 2.75) is 31.7 Å². The van der Waals surface area contributed by atoms with Crippen molar-refractivity contribution in [1.82, 2.24) is 5.32 Å². The molecule has 19 heavy (non-hydrogen) atoms. The lowest BCUT2D eigenvalue weighted by atomic mass is 10.2. The number of furan rings is 1. The van der Waals surface area contributed by atoms with Crippen molar-refractivity contribution in [3.63, 3.8) is 0 Å². The van der Waals surface area contributed by atoms with E-state index in [1.54, 1.807) is 6.07 Å². The highest BCUT2D eigenvalue weighted by Gasteiger charge is 2.19. The van der Waals surface area contributed by atoms with E-state index in [0.717, 1.165) is 30.2 Å². The molecule has 1 aliphatic carbocycles. The summed E-state index contributed by atoms with van der Waals surface area (Å²) in [5.41, 5.74) is 0.0562. The van der Waals surface area contributed by atoms with Gasteiger partial charge in [-0.3, -0.25) is 4.79 Å². The Labute approximate surface area is 128 Å². The largest absolute Gasteiger partial charge is 0.449 e. The van der Waals surface area contributed by atoms with E-state index < -0.39 is 0 Å². The number of hydrogen-bond donors (Lipinski definition) is 1. The number of nitriles is 1. The first-order valence-corrected chi connectivity index (χ1v) is 7.56. The molecule has 1 aromatic heterocycles. The van der Waals surface area contributed by atoms with Crippen LogP contribution in [0.15, 0.2) is 25.2 Å². The van der Waals surface area contributed by atoms with Crippen LogP contribution in [0.1, 0.15) is 31.4 Å². The molecule has 0 unspecified atom stereocenters. The van der Waals surface area contributed by atoms with Gasteiger partial charge in [-0.1, -0.05) is 12.8 Å². The SMILES string of the molecule is N#C/C(=C\c1cc(Br)c(Br)o1)C(=O)NC1CCCC1. The molecule has 6 heteroatoms. The second-order valence-corrected chi connectivity index (χ2v) is 5.97. The summed E-state index contributed by atoms with van der Waals surface area (Å²) < 4.78 is 6.61. The molecule has 0 spiro atoms. The van der Waals surface area contributed by atoms with Crippen LogP contribution < -0.4 is 5.32 Å². The van der Waals surface area contributed by atoms with Crippen molar-refractivity contribution in [3.8, 4) is 6.07 Å². The summed E-state index contributed by atoms with van der Waals surface area (Å²) in [5.74, 6) is 0.120. The van der Waals surface area contributed by atoms with Crippen LogP contribution in [-0.2, 0) is 4.79 Å². The first-order chi connectivity index (χ1) is 9.10. The first kappa shape index (κ1) is 14.4. The van der Waals surface area contributed by atoms with Crippen molar-refractivity contribution in [2.75, 3.05) is 0 Å². The van der Waals surface area contributed by atoms with Crippen LogP contribution in [0.3, 0.4) is 0 Å². The Morgan fingerprint density at radius 2 is 2.16 bits per heavy atom. The third kappa shape index (κ3) is 3.71. The lowest BCUT2D eigenvalue weighted by Crippen LogP contribution is -2.33. The number of rotatable bonds is 3. The van der Waals surface area contributed by atoms with Gasteiger partial charge in [0.1, 0.15) is 17.4 Å². The Bertz CT molecular complexity index is 532. The van der Waals surface area contributed by atoms with E-state index in [2.05, 4.69) is 37.2 Å². The van der Waals surface area contributed by atoms with E-state index in [-0.39, 0.29) is 17.5 Å². The van der Waals surface area contributed by atoms with Crippen molar-refractivity contribution < 1.29 is 9.21 Å². The fourth-order valence-corrected chi connectivity index (χ4v) is 2.67. The Hall–Kier alpha value is -1.06. The minimum absolute atomic E-state index is 0.0562. The third-order valence-corrected chi connectivity index (χ3v) is 4.72. The lowest BCUT2D eigenvalue weighted by Gasteiger charge is -2.10. The van der Waals surface area contributed by atoms with Gasteiger partial charge >= 0.3 is 0 Å². The molecule has 0 atom stereocenters. The monoisotopic (exact) mass is 386 g/mol. The Morgan fingerprint density at radius 3 is 2.68 bits per heavy atom. The van der Waals surface area contributed by atoms with Crippen molar-refractivity contribution in [2.24, 2.45) is 0 Å². The van der Waals surface area contributed by atoms with Gasteiger partial charge in [-0.25, -0.2) is 0 Å². The highest BCUT2D eigenvalue weighted by molar-refractivity contribution is 9.13. The Morgan fingerprint density at radius 1 is 1.47 bits per heavy atom. The maximum atomic E-state index is 12.0. The van der Waals surface area contributed by atoms with Gasteiger partial charge < -0.3 is 9.73 Å². The van der Waals surface area contributed by atoms with E-state index in [1.807, 2.05) is 6.07 Å². The van der Waals surface area contributed by atoms with Gasteiger partial charge in [-0.05, 0) is 50.8 Å². The van der Waals surface area contributed by atoms with Crippen LogP contribution in [-0.4, -0.2) is 11.9 Å². The van der Waals surface area contributed by atoms with E-state index >= 15 is 0 Å². The van der Waals surface area contributed by atoms with Crippen molar-refractivity contribution >= 4 is 43.8 Å². The molecule has 2 rings (SSSR count). The highest BCUT2D eigenvalue weighted by atomic mass is 79.9. The molecule has 4 nitrogen and oxygen atoms in total. The van der Waals surface area contributed by atoms with Crippen LogP contribution in [0.4, 0.5) is 0 Å². The molecular weight excluding hydrogens is 376 g/mol. The molecule has 0 aliphatic heterocycles. The number of nitrogens with zero attached hydrogens (tertiary/aromatic N) is 1. The van der Waals surface area contributed by atoms with E-state index in [0.29, 0.717) is 10.4 Å². The van der Waals surface area contributed by atoms with E-state index in [9.17, 15) is 4.79 Å². The second kappa shape index (κ2) is 6.40. The zero-order valence-electron chi connectivity index (χ0n) is 10.1. The molecule has 0 aromatic carbocycles. The molecule has 1 heterocycles. The van der Waals surface area contributed by atoms with Crippen LogP contribution in [0.2, 0.25) is 0 Å². The minimum atomic E-state index is -0.335. The van der Waals surface area contributed by atoms with Gasteiger partial charge in [0, 0.05) is 12.1 Å². The van der Waals surface area contributed by atoms with Crippen LogP contribution in [0, 0.1) is 11.3 Å². The standard InChI is InChI=1S/C13H12Br2N2O2/c14-11-6-10(19-12(11)15)5-8(7-16)13(18)17-9-3-1-2-4-9/h5-6,9H,1-4H2,(H,17,18)/b8-5+. The summed E-state index contributed by atoms with van der Waals surface area (Å²) in [4.78, 5) is 12.0. The normalized spacial score (nSPS) is 16.4. The fourth-order valence-electron chi connectivity index (χ4n) is 2.06. The van der Waals surface area contributed by atoms with Crippen molar-refractivity contribution in [3.05, 3.63) is 26.5 Å². The van der Waals surface area contributed by atoms with Gasteiger partial charge in [0.2, 0.25) is 0 Å². The second-order valence-electron chi connectivity index (χ2n) is 4.40. The van der Waals surface area contributed by atoms with Gasteiger partial charge in [-0.15, -0.1) is 0 Å². The quantitative estimate of drug-likeness (QED) is 0.634. The smallest absolute Gasteiger partial charge is 0.262 e. The van der Waals surface area contributed by atoms with Crippen LogP contribution in [0.25, 0.3) is 6.08 Å². The molecule has 1 aromatic rings. The summed E-state index contributed by atoms with van der Waals surface area (Å²) in [6.45, 7) is 0. The topological polar surface area (TPSA) is 66.0 Å². The number of halogens is 2. The summed E-state index contributed by atoms with van der Waals surface area (Å²) in [6.07, 6.45) is 5.69. The van der Waals surface area contributed by atoms with Gasteiger partial charge in [0.25, 0.3) is 5.91 Å². The molecule has 0 bridgehead atoms. The Kier molecular flexibility index (Phi) is 4.83. The lowest BCUT2D eigenvalue weighted by molar-refractivity contribution is -0.117. The number of hydrogen-bond acceptors (Lipinski definition) is 3. The number of carbonyl (C=O) groups excluding carboxylic acids is 1. The minimum Gasteiger partial charge on any atom is -0.449 e. The maximum absolute atomic E-state index is 12.0. The molecule has 0 saturated heterocycles. The zero-order chi connectivity index (χ0) is 13.8. The number of carbonyl (C=O) groups is 1. The molecule has 0 radical (unpaired) electrons. The molecular formula is C13H12Br2N2O2. The molecule has 1 saturated carbocycles. The van der Waals surface area contributed by atoms with Crippen LogP contribution in [0.5, 0.6) is 0 Å². The molecule has 1 N–H and O–H groups in total. The third-order valence-electron chi connectivity index (χ3n) is 3.01. The highest BCUT2D eigenvalue weighted by Crippen LogP contribution is 2.28. The van der Waals surface area contributed by atoms with Gasteiger partial charge in [-0.2, -0.15) is 5.26 Å².